The van der Waals surface area contributed by atoms with E-state index in [2.05, 4.69) is 26.2 Å². The molecular weight excluding hydrogens is 280 g/mol. The van der Waals surface area contributed by atoms with Gasteiger partial charge < -0.3 is 10.1 Å². The minimum atomic E-state index is 0.438. The molecular formula is C13H19BrN2O. The molecule has 1 unspecified atom stereocenters. The first-order chi connectivity index (χ1) is 8.25. The van der Waals surface area contributed by atoms with E-state index in [0.29, 0.717) is 6.10 Å². The fourth-order valence-electron chi connectivity index (χ4n) is 2.04. The fraction of sp³-hybridized carbons (Fsp3) is 0.615. The average Bonchev–Trinajstić information content (AvgIpc) is 2.35. The van der Waals surface area contributed by atoms with Gasteiger partial charge in [0.15, 0.2) is 0 Å². The number of anilines is 1. The van der Waals surface area contributed by atoms with E-state index in [9.17, 15) is 0 Å². The largest absolute Gasteiger partial charge is 0.378 e. The first-order valence-corrected chi connectivity index (χ1v) is 7.03. The third kappa shape index (κ3) is 3.96. The maximum atomic E-state index is 5.69. The van der Waals surface area contributed by atoms with Crippen molar-refractivity contribution in [2.75, 3.05) is 18.5 Å². The number of ether oxygens (including phenoxy) is 1. The Bertz CT molecular complexity index is 364. The fourth-order valence-corrected chi connectivity index (χ4v) is 2.26. The van der Waals surface area contributed by atoms with Gasteiger partial charge in [-0.15, -0.1) is 0 Å². The molecule has 2 heterocycles. The molecule has 1 atom stereocenters. The van der Waals surface area contributed by atoms with Gasteiger partial charge in [-0.2, -0.15) is 0 Å². The number of hydrogen-bond donors (Lipinski definition) is 1. The van der Waals surface area contributed by atoms with Crippen LogP contribution < -0.4 is 5.32 Å². The molecule has 17 heavy (non-hydrogen) atoms. The smallest absolute Gasteiger partial charge is 0.126 e. The lowest BCUT2D eigenvalue weighted by atomic mass is 10.1. The van der Waals surface area contributed by atoms with E-state index >= 15 is 0 Å². The van der Waals surface area contributed by atoms with Gasteiger partial charge in [0.05, 0.1) is 11.8 Å². The molecule has 0 bridgehead atoms. The zero-order valence-corrected chi connectivity index (χ0v) is 11.8. The maximum Gasteiger partial charge on any atom is 0.126 e. The van der Waals surface area contributed by atoms with Gasteiger partial charge in [0.2, 0.25) is 0 Å². The molecule has 0 aromatic carbocycles. The summed E-state index contributed by atoms with van der Waals surface area (Å²) in [6.07, 6.45) is 5.23. The topological polar surface area (TPSA) is 34.2 Å². The minimum absolute atomic E-state index is 0.438. The molecule has 0 spiro atoms. The number of halogens is 1. The van der Waals surface area contributed by atoms with Crippen LogP contribution in [0.3, 0.4) is 0 Å². The van der Waals surface area contributed by atoms with Crippen LogP contribution in [-0.4, -0.2) is 24.2 Å². The first kappa shape index (κ1) is 12.8. The van der Waals surface area contributed by atoms with Crippen molar-refractivity contribution >= 4 is 21.7 Å². The number of pyridine rings is 1. The van der Waals surface area contributed by atoms with Crippen LogP contribution >= 0.6 is 15.9 Å². The molecule has 4 heteroatoms. The summed E-state index contributed by atoms with van der Waals surface area (Å²) in [6.45, 7) is 3.86. The zero-order valence-electron chi connectivity index (χ0n) is 10.2. The summed E-state index contributed by atoms with van der Waals surface area (Å²) < 4.78 is 6.75. The Morgan fingerprint density at radius 1 is 1.47 bits per heavy atom. The van der Waals surface area contributed by atoms with Crippen LogP contribution in [0.5, 0.6) is 0 Å². The highest BCUT2D eigenvalue weighted by Crippen LogP contribution is 2.18. The zero-order chi connectivity index (χ0) is 12.1. The summed E-state index contributed by atoms with van der Waals surface area (Å²) in [5.41, 5.74) is 1.02. The van der Waals surface area contributed by atoms with Gasteiger partial charge in [0.1, 0.15) is 5.82 Å². The van der Waals surface area contributed by atoms with Gasteiger partial charge in [0, 0.05) is 17.6 Å². The third-order valence-electron chi connectivity index (χ3n) is 3.07. The van der Waals surface area contributed by atoms with Gasteiger partial charge in [-0.25, -0.2) is 4.98 Å². The Morgan fingerprint density at radius 3 is 3.06 bits per heavy atom. The van der Waals surface area contributed by atoms with Crippen molar-refractivity contribution in [1.29, 1.82) is 0 Å². The summed E-state index contributed by atoms with van der Waals surface area (Å²) in [6, 6.07) is 4.03. The van der Waals surface area contributed by atoms with E-state index in [1.54, 1.807) is 0 Å². The molecule has 1 aliphatic heterocycles. The normalized spacial score (nSPS) is 20.2. The molecule has 0 saturated carbocycles. The summed E-state index contributed by atoms with van der Waals surface area (Å²) in [5, 5.41) is 3.35. The van der Waals surface area contributed by atoms with Crippen LogP contribution in [0, 0.1) is 6.92 Å². The third-order valence-corrected chi connectivity index (χ3v) is 3.91. The van der Waals surface area contributed by atoms with Crippen LogP contribution in [0.4, 0.5) is 5.82 Å². The number of nitrogens with one attached hydrogen (secondary N) is 1. The van der Waals surface area contributed by atoms with E-state index in [4.69, 9.17) is 4.74 Å². The van der Waals surface area contributed by atoms with Crippen molar-refractivity contribution in [2.45, 2.75) is 38.7 Å². The molecule has 1 saturated heterocycles. The number of rotatable bonds is 4. The van der Waals surface area contributed by atoms with Gasteiger partial charge in [-0.3, -0.25) is 0 Å². The SMILES string of the molecule is Cc1nc(NCCC2CCCCO2)ccc1Br. The van der Waals surface area contributed by atoms with E-state index in [0.717, 1.165) is 35.6 Å². The molecule has 0 amide bonds. The Kier molecular flexibility index (Phi) is 4.80. The standard InChI is InChI=1S/C13H19BrN2O/c1-10-12(14)5-6-13(16-10)15-8-7-11-4-2-3-9-17-11/h5-6,11H,2-4,7-9H2,1H3,(H,15,16). The molecule has 3 nitrogen and oxygen atoms in total. The van der Waals surface area contributed by atoms with Gasteiger partial charge in [0.25, 0.3) is 0 Å². The molecule has 2 rings (SSSR count). The highest BCUT2D eigenvalue weighted by Gasteiger charge is 2.12. The summed E-state index contributed by atoms with van der Waals surface area (Å²) >= 11 is 3.45. The van der Waals surface area contributed by atoms with E-state index in [1.807, 2.05) is 19.1 Å². The summed E-state index contributed by atoms with van der Waals surface area (Å²) in [7, 11) is 0. The van der Waals surface area contributed by atoms with Crippen LogP contribution in [0.2, 0.25) is 0 Å². The molecule has 94 valence electrons. The van der Waals surface area contributed by atoms with Crippen LogP contribution in [-0.2, 0) is 4.74 Å². The lowest BCUT2D eigenvalue weighted by Gasteiger charge is -2.22. The van der Waals surface area contributed by atoms with Crippen LogP contribution in [0.25, 0.3) is 0 Å². The van der Waals surface area contributed by atoms with E-state index in [1.165, 1.54) is 19.3 Å². The van der Waals surface area contributed by atoms with Gasteiger partial charge in [-0.05, 0) is 60.7 Å². The molecule has 1 aromatic heterocycles. The number of nitrogens with zero attached hydrogens (tertiary/aromatic N) is 1. The maximum absolute atomic E-state index is 5.69. The predicted octanol–water partition coefficient (Wildman–Crippen LogP) is 3.52. The number of hydrogen-bond acceptors (Lipinski definition) is 3. The Morgan fingerprint density at radius 2 is 2.35 bits per heavy atom. The second-order valence-corrected chi connectivity index (χ2v) is 5.32. The second kappa shape index (κ2) is 6.36. The van der Waals surface area contributed by atoms with Crippen molar-refractivity contribution in [3.05, 3.63) is 22.3 Å². The number of aryl methyl sites for hydroxylation is 1. The highest BCUT2D eigenvalue weighted by molar-refractivity contribution is 9.10. The Labute approximate surface area is 111 Å². The first-order valence-electron chi connectivity index (χ1n) is 6.24. The summed E-state index contributed by atoms with van der Waals surface area (Å²) in [5.74, 6) is 0.946. The highest BCUT2D eigenvalue weighted by atomic mass is 79.9. The van der Waals surface area contributed by atoms with Crippen molar-refractivity contribution in [3.8, 4) is 0 Å². The number of aromatic nitrogens is 1. The van der Waals surface area contributed by atoms with Crippen molar-refractivity contribution < 1.29 is 4.74 Å². The van der Waals surface area contributed by atoms with Gasteiger partial charge in [-0.1, -0.05) is 0 Å². The molecule has 1 N–H and O–H groups in total. The molecule has 0 aliphatic carbocycles. The minimum Gasteiger partial charge on any atom is -0.378 e. The Balaban J connectivity index is 1.75. The monoisotopic (exact) mass is 298 g/mol. The predicted molar refractivity (Wildman–Crippen MR) is 73.4 cm³/mol. The lowest BCUT2D eigenvalue weighted by molar-refractivity contribution is 0.0134. The molecule has 1 fully saturated rings. The quantitative estimate of drug-likeness (QED) is 0.923. The van der Waals surface area contributed by atoms with Crippen molar-refractivity contribution in [3.63, 3.8) is 0 Å². The van der Waals surface area contributed by atoms with Gasteiger partial charge >= 0.3 is 0 Å². The summed E-state index contributed by atoms with van der Waals surface area (Å²) in [4.78, 5) is 4.46. The van der Waals surface area contributed by atoms with Crippen LogP contribution in [0.1, 0.15) is 31.4 Å². The van der Waals surface area contributed by atoms with E-state index < -0.39 is 0 Å². The molecule has 0 radical (unpaired) electrons. The lowest BCUT2D eigenvalue weighted by Crippen LogP contribution is -2.22. The molecule has 1 aliphatic rings. The van der Waals surface area contributed by atoms with Crippen molar-refractivity contribution in [2.24, 2.45) is 0 Å². The van der Waals surface area contributed by atoms with Crippen LogP contribution in [0.15, 0.2) is 16.6 Å². The second-order valence-electron chi connectivity index (χ2n) is 4.47. The van der Waals surface area contributed by atoms with E-state index in [-0.39, 0.29) is 0 Å². The molecule has 1 aromatic rings. The van der Waals surface area contributed by atoms with Crippen molar-refractivity contribution in [1.82, 2.24) is 4.98 Å². The Hall–Kier alpha value is -0.610. The average molecular weight is 299 g/mol.